The van der Waals surface area contributed by atoms with Crippen LogP contribution in [0.25, 0.3) is 16.9 Å². The van der Waals surface area contributed by atoms with E-state index in [1.54, 1.807) is 12.4 Å². The van der Waals surface area contributed by atoms with Crippen molar-refractivity contribution in [2.75, 3.05) is 60.9 Å². The third kappa shape index (κ3) is 5.11. The van der Waals surface area contributed by atoms with Crippen LogP contribution in [0.5, 0.6) is 0 Å². The Bertz CT molecular complexity index is 1470. The van der Waals surface area contributed by atoms with Gasteiger partial charge in [-0.2, -0.15) is 0 Å². The molecule has 4 aromatic heterocycles. The maximum atomic E-state index is 13.2. The number of hydrogen-bond acceptors (Lipinski definition) is 8. The van der Waals surface area contributed by atoms with Gasteiger partial charge >= 0.3 is 0 Å². The zero-order valence-corrected chi connectivity index (χ0v) is 22.7. The number of pyridine rings is 2. The van der Waals surface area contributed by atoms with Gasteiger partial charge in [-0.3, -0.25) is 19.4 Å². The predicted molar refractivity (Wildman–Crippen MR) is 149 cm³/mol. The van der Waals surface area contributed by atoms with Crippen molar-refractivity contribution in [3.05, 3.63) is 59.4 Å². The number of imidazole rings is 1. The molecular formula is C26H28Cl2N9O2+. The zero-order chi connectivity index (χ0) is 26.9. The molecule has 0 saturated carbocycles. The second-order valence-corrected chi connectivity index (χ2v) is 10.4. The lowest BCUT2D eigenvalue weighted by Crippen LogP contribution is -2.50. The van der Waals surface area contributed by atoms with Crippen molar-refractivity contribution in [2.24, 2.45) is 0 Å². The molecule has 202 valence electrons. The van der Waals surface area contributed by atoms with Gasteiger partial charge in [0.15, 0.2) is 5.65 Å². The summed E-state index contributed by atoms with van der Waals surface area (Å²) >= 11 is 12.6. The SMILES string of the molecule is O=C(CNc1c(-c2ccc(N3CCCC3)nc2)nc2cnccn12)N1CCN(c2c(Cl)c[n+](O)cc2Cl)CC1. The van der Waals surface area contributed by atoms with Crippen LogP contribution in [0.1, 0.15) is 12.8 Å². The summed E-state index contributed by atoms with van der Waals surface area (Å²) in [4.78, 5) is 33.0. The lowest BCUT2D eigenvalue weighted by molar-refractivity contribution is -0.904. The Morgan fingerprint density at radius 1 is 1.00 bits per heavy atom. The molecule has 2 aliphatic heterocycles. The number of anilines is 3. The Kier molecular flexibility index (Phi) is 7.01. The molecule has 0 aliphatic carbocycles. The van der Waals surface area contributed by atoms with Crippen molar-refractivity contribution in [1.82, 2.24) is 24.3 Å². The molecule has 0 radical (unpaired) electrons. The molecule has 2 aliphatic rings. The molecule has 0 atom stereocenters. The maximum Gasteiger partial charge on any atom is 0.243 e. The van der Waals surface area contributed by atoms with Crippen LogP contribution in [-0.2, 0) is 4.79 Å². The highest BCUT2D eigenvalue weighted by atomic mass is 35.5. The third-order valence-corrected chi connectivity index (χ3v) is 7.73. The van der Waals surface area contributed by atoms with Crippen molar-refractivity contribution in [3.63, 3.8) is 0 Å². The number of nitrogens with one attached hydrogen (secondary N) is 1. The van der Waals surface area contributed by atoms with Crippen LogP contribution in [0.15, 0.2) is 49.3 Å². The number of nitrogens with zero attached hydrogens (tertiary/aromatic N) is 8. The Morgan fingerprint density at radius 3 is 2.44 bits per heavy atom. The van der Waals surface area contributed by atoms with Crippen molar-refractivity contribution in [3.8, 4) is 11.3 Å². The number of carbonyl (C=O) groups is 1. The summed E-state index contributed by atoms with van der Waals surface area (Å²) in [5, 5.41) is 13.7. The summed E-state index contributed by atoms with van der Waals surface area (Å²) in [6.45, 7) is 4.36. The van der Waals surface area contributed by atoms with Crippen LogP contribution in [0.2, 0.25) is 10.0 Å². The van der Waals surface area contributed by atoms with Gasteiger partial charge in [-0.15, -0.1) is 0 Å². The van der Waals surface area contributed by atoms with Gasteiger partial charge < -0.3 is 20.0 Å². The summed E-state index contributed by atoms with van der Waals surface area (Å²) in [5.74, 6) is 1.67. The number of carbonyl (C=O) groups excluding carboxylic acids is 1. The van der Waals surface area contributed by atoms with Gasteiger partial charge in [-0.05, 0) is 25.0 Å². The van der Waals surface area contributed by atoms with Crippen molar-refractivity contribution >= 4 is 52.1 Å². The van der Waals surface area contributed by atoms with E-state index < -0.39 is 0 Å². The lowest BCUT2D eigenvalue weighted by atomic mass is 10.2. The molecule has 1 amide bonds. The Morgan fingerprint density at radius 2 is 1.74 bits per heavy atom. The molecule has 13 heteroatoms. The van der Waals surface area contributed by atoms with E-state index in [1.807, 2.05) is 38.7 Å². The molecule has 2 fully saturated rings. The van der Waals surface area contributed by atoms with Gasteiger partial charge in [0.05, 0.1) is 18.4 Å². The minimum Gasteiger partial charge on any atom is -0.365 e. The van der Waals surface area contributed by atoms with Gasteiger partial charge in [-0.1, -0.05) is 23.2 Å². The topological polar surface area (TPSA) is 106 Å². The normalized spacial score (nSPS) is 15.8. The van der Waals surface area contributed by atoms with Crippen LogP contribution in [0.4, 0.5) is 17.3 Å². The van der Waals surface area contributed by atoms with Crippen LogP contribution in [-0.4, -0.2) is 81.2 Å². The Labute approximate surface area is 235 Å². The highest BCUT2D eigenvalue weighted by Crippen LogP contribution is 2.33. The number of piperazine rings is 1. The first kappa shape index (κ1) is 25.4. The second kappa shape index (κ2) is 10.7. The molecule has 0 spiro atoms. The molecule has 39 heavy (non-hydrogen) atoms. The molecule has 0 unspecified atom stereocenters. The summed E-state index contributed by atoms with van der Waals surface area (Å²) in [6, 6.07) is 4.06. The quantitative estimate of drug-likeness (QED) is 0.270. The number of rotatable bonds is 6. The van der Waals surface area contributed by atoms with Gasteiger partial charge in [0.25, 0.3) is 0 Å². The largest absolute Gasteiger partial charge is 0.365 e. The molecule has 6 rings (SSSR count). The average molecular weight is 569 g/mol. The zero-order valence-electron chi connectivity index (χ0n) is 21.2. The molecule has 0 bridgehead atoms. The van der Waals surface area contributed by atoms with E-state index in [1.165, 1.54) is 25.2 Å². The maximum absolute atomic E-state index is 13.2. The summed E-state index contributed by atoms with van der Waals surface area (Å²) < 4.78 is 2.73. The van der Waals surface area contributed by atoms with E-state index in [0.29, 0.717) is 47.6 Å². The van der Waals surface area contributed by atoms with E-state index >= 15 is 0 Å². The molecular weight excluding hydrogens is 541 g/mol. The fourth-order valence-corrected chi connectivity index (χ4v) is 5.89. The van der Waals surface area contributed by atoms with E-state index in [0.717, 1.165) is 40.7 Å². The highest BCUT2D eigenvalue weighted by molar-refractivity contribution is 6.38. The first-order chi connectivity index (χ1) is 19.0. The summed E-state index contributed by atoms with van der Waals surface area (Å²) in [7, 11) is 0. The molecule has 6 heterocycles. The fourth-order valence-electron chi connectivity index (χ4n) is 5.20. The minimum atomic E-state index is -0.0226. The average Bonchev–Trinajstić information content (AvgIpc) is 3.60. The number of aromatic nitrogens is 5. The van der Waals surface area contributed by atoms with Crippen molar-refractivity contribution in [2.45, 2.75) is 12.8 Å². The number of halogens is 2. The third-order valence-electron chi connectivity index (χ3n) is 7.18. The smallest absolute Gasteiger partial charge is 0.243 e. The van der Waals surface area contributed by atoms with Crippen LogP contribution in [0.3, 0.4) is 0 Å². The summed E-state index contributed by atoms with van der Waals surface area (Å²) in [6.07, 6.45) is 12.2. The second-order valence-electron chi connectivity index (χ2n) is 9.62. The standard InChI is InChI=1S/C26H28Cl2N9O2/c27-19-16-36(39)17-20(28)25(19)35-11-9-34(10-12-35)23(38)15-31-26-24(32-22-14-29-5-8-37(22)26)18-3-4-21(30-13-18)33-6-1-2-7-33/h3-5,8,13-14,16-17,31,39H,1-2,6-7,9-12,15H2/q+1. The van der Waals surface area contributed by atoms with E-state index in [9.17, 15) is 10.0 Å². The first-order valence-corrected chi connectivity index (χ1v) is 13.6. The number of hydrogen-bond donors (Lipinski definition) is 2. The Hall–Kier alpha value is -3.83. The molecule has 2 N–H and O–H groups in total. The summed E-state index contributed by atoms with van der Waals surface area (Å²) in [5.41, 5.74) is 2.92. The van der Waals surface area contributed by atoms with E-state index in [-0.39, 0.29) is 12.5 Å². The highest BCUT2D eigenvalue weighted by Gasteiger charge is 2.26. The van der Waals surface area contributed by atoms with Crippen LogP contribution in [0, 0.1) is 0 Å². The fraction of sp³-hybridized carbons (Fsp3) is 0.346. The van der Waals surface area contributed by atoms with Gasteiger partial charge in [0, 0.05) is 68.2 Å². The number of fused-ring (bicyclic) bond motifs is 1. The molecule has 11 nitrogen and oxygen atoms in total. The molecule has 4 aromatic rings. The van der Waals surface area contributed by atoms with Gasteiger partial charge in [-0.25, -0.2) is 9.97 Å². The minimum absolute atomic E-state index is 0.0226. The van der Waals surface area contributed by atoms with Crippen molar-refractivity contribution in [1.29, 1.82) is 0 Å². The monoisotopic (exact) mass is 568 g/mol. The van der Waals surface area contributed by atoms with Gasteiger partial charge in [0.1, 0.15) is 27.4 Å². The van der Waals surface area contributed by atoms with E-state index in [4.69, 9.17) is 28.2 Å². The lowest BCUT2D eigenvalue weighted by Gasteiger charge is -2.36. The number of amides is 1. The van der Waals surface area contributed by atoms with Crippen LogP contribution >= 0.6 is 23.2 Å². The van der Waals surface area contributed by atoms with Crippen LogP contribution < -0.4 is 19.8 Å². The van der Waals surface area contributed by atoms with E-state index in [2.05, 4.69) is 20.2 Å². The van der Waals surface area contributed by atoms with Gasteiger partial charge in [0.2, 0.25) is 18.3 Å². The Balaban J connectivity index is 1.15. The van der Waals surface area contributed by atoms with Crippen molar-refractivity contribution < 1.29 is 14.7 Å². The predicted octanol–water partition coefficient (Wildman–Crippen LogP) is 2.98. The molecule has 0 aromatic carbocycles. The molecule has 2 saturated heterocycles. The first-order valence-electron chi connectivity index (χ1n) is 12.9.